The molecule has 2 fully saturated rings. The fraction of sp³-hybridized carbons (Fsp3) is 0.462. The summed E-state index contributed by atoms with van der Waals surface area (Å²) >= 11 is 0. The first-order valence-electron chi connectivity index (χ1n) is 11.8. The van der Waals surface area contributed by atoms with Gasteiger partial charge in [0.05, 0.1) is 17.0 Å². The van der Waals surface area contributed by atoms with Crippen LogP contribution in [0, 0.1) is 23.0 Å². The third-order valence-electron chi connectivity index (χ3n) is 8.69. The number of nitrogens with zero attached hydrogens (tertiary/aromatic N) is 5. The molecule has 1 saturated heterocycles. The van der Waals surface area contributed by atoms with E-state index in [0.717, 1.165) is 55.8 Å². The molecule has 3 aromatic rings. The molecule has 1 aromatic carbocycles. The molecule has 0 spiro atoms. The normalized spacial score (nSPS) is 27.6. The van der Waals surface area contributed by atoms with Crippen LogP contribution < -0.4 is 4.90 Å². The van der Waals surface area contributed by atoms with Crippen LogP contribution >= 0.6 is 0 Å². The van der Waals surface area contributed by atoms with Gasteiger partial charge >= 0.3 is 0 Å². The lowest BCUT2D eigenvalue weighted by atomic mass is 9.59. The lowest BCUT2D eigenvalue weighted by Crippen LogP contribution is -2.50. The zero-order chi connectivity index (χ0) is 22.8. The van der Waals surface area contributed by atoms with Gasteiger partial charge in [-0.05, 0) is 78.8 Å². The predicted molar refractivity (Wildman–Crippen MR) is 122 cm³/mol. The smallest absolute Gasteiger partial charge is 0.151 e. The second kappa shape index (κ2) is 7.27. The monoisotopic (exact) mass is 447 g/mol. The average molecular weight is 448 g/mol. The number of hydrogen-bond donors (Lipinski definition) is 0. The molecule has 3 heterocycles. The predicted octanol–water partition coefficient (Wildman–Crippen LogP) is 5.28. The van der Waals surface area contributed by atoms with E-state index in [9.17, 15) is 8.78 Å². The molecule has 1 aliphatic heterocycles. The summed E-state index contributed by atoms with van der Waals surface area (Å²) in [5, 5.41) is 17.5. The fourth-order valence-corrected chi connectivity index (χ4v) is 7.19. The molecule has 33 heavy (non-hydrogen) atoms. The molecular weight excluding hydrogens is 420 g/mol. The van der Waals surface area contributed by atoms with Gasteiger partial charge in [-0.3, -0.25) is 0 Å². The Morgan fingerprint density at radius 1 is 1.00 bits per heavy atom. The molecule has 2 bridgehead atoms. The molecule has 2 aromatic heterocycles. The van der Waals surface area contributed by atoms with E-state index >= 15 is 0 Å². The number of hydrogen-bond acceptors (Lipinski definition) is 5. The highest BCUT2D eigenvalue weighted by molar-refractivity contribution is 5.63. The lowest BCUT2D eigenvalue weighted by Gasteiger charge is -2.48. The molecule has 3 aliphatic rings. The van der Waals surface area contributed by atoms with Gasteiger partial charge in [0.2, 0.25) is 0 Å². The zero-order valence-electron chi connectivity index (χ0n) is 18.9. The minimum Gasteiger partial charge on any atom is -0.355 e. The van der Waals surface area contributed by atoms with Gasteiger partial charge in [-0.15, -0.1) is 5.10 Å². The van der Waals surface area contributed by atoms with E-state index in [2.05, 4.69) is 34.0 Å². The summed E-state index contributed by atoms with van der Waals surface area (Å²) in [6.45, 7) is 6.56. The first kappa shape index (κ1) is 20.6. The molecular formula is C26H27F2N5. The number of rotatable bonds is 3. The van der Waals surface area contributed by atoms with Gasteiger partial charge in [-0.25, -0.2) is 8.78 Å². The van der Waals surface area contributed by atoms with Gasteiger partial charge in [0.1, 0.15) is 11.6 Å². The molecule has 0 N–H and O–H groups in total. The Bertz CT molecular complexity index is 1190. The molecule has 0 radical (unpaired) electrons. The van der Waals surface area contributed by atoms with E-state index in [1.807, 2.05) is 18.2 Å². The van der Waals surface area contributed by atoms with Crippen molar-refractivity contribution in [3.63, 3.8) is 0 Å². The summed E-state index contributed by atoms with van der Waals surface area (Å²) in [7, 11) is 0. The number of halogens is 2. The van der Waals surface area contributed by atoms with E-state index < -0.39 is 11.6 Å². The second-order valence-corrected chi connectivity index (χ2v) is 10.3. The highest BCUT2D eigenvalue weighted by Crippen LogP contribution is 2.70. The first-order valence-corrected chi connectivity index (χ1v) is 11.8. The molecule has 0 amide bonds. The first-order chi connectivity index (χ1) is 15.9. The number of anilines is 1. The molecule has 2 aliphatic carbocycles. The maximum Gasteiger partial charge on any atom is 0.151 e. The van der Waals surface area contributed by atoms with Crippen molar-refractivity contribution in [2.45, 2.75) is 50.9 Å². The summed E-state index contributed by atoms with van der Waals surface area (Å²) in [5.41, 5.74) is 2.24. The highest BCUT2D eigenvalue weighted by Gasteiger charge is 2.66. The Labute approximate surface area is 192 Å². The third-order valence-corrected chi connectivity index (χ3v) is 8.69. The van der Waals surface area contributed by atoms with Crippen LogP contribution in [0.1, 0.15) is 56.7 Å². The van der Waals surface area contributed by atoms with Gasteiger partial charge in [-0.1, -0.05) is 19.9 Å². The van der Waals surface area contributed by atoms with Gasteiger partial charge < -0.3 is 4.90 Å². The molecule has 7 heteroatoms. The van der Waals surface area contributed by atoms with Crippen LogP contribution in [0.5, 0.6) is 0 Å². The third kappa shape index (κ3) is 2.80. The van der Waals surface area contributed by atoms with Gasteiger partial charge in [-0.2, -0.15) is 15.3 Å². The Morgan fingerprint density at radius 3 is 2.58 bits per heavy atom. The van der Waals surface area contributed by atoms with E-state index in [0.29, 0.717) is 11.8 Å². The number of aromatic nitrogens is 4. The fourth-order valence-electron chi connectivity index (χ4n) is 7.19. The average Bonchev–Trinajstić information content (AvgIpc) is 3.21. The van der Waals surface area contributed by atoms with Crippen LogP contribution in [0.4, 0.5) is 14.6 Å². The molecule has 1 saturated carbocycles. The summed E-state index contributed by atoms with van der Waals surface area (Å²) in [4.78, 5) is 2.34. The number of fused-ring (bicyclic) bond motifs is 5. The van der Waals surface area contributed by atoms with Crippen molar-refractivity contribution >= 4 is 5.82 Å². The minimum atomic E-state index is -0.603. The van der Waals surface area contributed by atoms with Crippen molar-refractivity contribution in [1.29, 1.82) is 0 Å². The van der Waals surface area contributed by atoms with Gasteiger partial charge in [0.25, 0.3) is 0 Å². The topological polar surface area (TPSA) is 54.8 Å². The minimum absolute atomic E-state index is 0.00748. The van der Waals surface area contributed by atoms with E-state index in [1.165, 1.54) is 18.2 Å². The van der Waals surface area contributed by atoms with Crippen LogP contribution in [-0.2, 0) is 5.41 Å². The largest absolute Gasteiger partial charge is 0.355 e. The molecule has 0 unspecified atom stereocenters. The van der Waals surface area contributed by atoms with Crippen molar-refractivity contribution in [2.24, 2.45) is 11.3 Å². The van der Waals surface area contributed by atoms with Crippen LogP contribution in [-0.4, -0.2) is 33.5 Å². The quantitative estimate of drug-likeness (QED) is 0.547. The van der Waals surface area contributed by atoms with Crippen LogP contribution in [0.15, 0.2) is 42.6 Å². The Hall–Kier alpha value is -2.96. The molecule has 6 rings (SSSR count). The van der Waals surface area contributed by atoms with E-state index in [4.69, 9.17) is 5.10 Å². The van der Waals surface area contributed by atoms with E-state index in [1.54, 1.807) is 6.20 Å². The standard InChI is InChI=1S/C26H27F2N5/c1-25(2)18-10-11-26(25,16-6-5-13-33(15-16)22-9-4-12-29-31-22)24-17(18)14-21(30-32-24)23-19(27)7-3-8-20(23)28/h3-4,7-9,12,14,16,18H,5-6,10-11,13,15H2,1-2H3/t16-,18-,26-/m0/s1. The maximum atomic E-state index is 14.5. The second-order valence-electron chi connectivity index (χ2n) is 10.3. The summed E-state index contributed by atoms with van der Waals surface area (Å²) < 4.78 is 28.9. The lowest BCUT2D eigenvalue weighted by molar-refractivity contribution is 0.112. The summed E-state index contributed by atoms with van der Waals surface area (Å²) in [5.74, 6) is 0.422. The van der Waals surface area contributed by atoms with Crippen LogP contribution in [0.2, 0.25) is 0 Å². The zero-order valence-corrected chi connectivity index (χ0v) is 18.9. The number of piperidine rings is 1. The summed E-state index contributed by atoms with van der Waals surface area (Å²) in [6, 6.07) is 9.77. The molecule has 5 nitrogen and oxygen atoms in total. The van der Waals surface area contributed by atoms with Crippen molar-refractivity contribution in [1.82, 2.24) is 20.4 Å². The molecule has 170 valence electrons. The van der Waals surface area contributed by atoms with Crippen molar-refractivity contribution in [3.8, 4) is 11.3 Å². The highest BCUT2D eigenvalue weighted by atomic mass is 19.1. The Balaban J connectivity index is 1.43. The summed E-state index contributed by atoms with van der Waals surface area (Å²) in [6.07, 6.45) is 6.04. The van der Waals surface area contributed by atoms with Crippen molar-refractivity contribution in [2.75, 3.05) is 18.0 Å². The number of benzene rings is 1. The van der Waals surface area contributed by atoms with Crippen molar-refractivity contribution < 1.29 is 8.78 Å². The van der Waals surface area contributed by atoms with Crippen molar-refractivity contribution in [3.05, 3.63) is 65.5 Å². The Morgan fingerprint density at radius 2 is 1.82 bits per heavy atom. The SMILES string of the molecule is CC1(C)[C@H]2CC[C@]1([C@H]1CCCN(c3cccnn3)C1)c1nnc(-c3c(F)cccc3F)cc12. The van der Waals surface area contributed by atoms with Crippen LogP contribution in [0.3, 0.4) is 0 Å². The van der Waals surface area contributed by atoms with Crippen LogP contribution in [0.25, 0.3) is 11.3 Å². The maximum absolute atomic E-state index is 14.5. The van der Waals surface area contributed by atoms with Gasteiger partial charge in [0, 0.05) is 24.7 Å². The van der Waals surface area contributed by atoms with Gasteiger partial charge in [0.15, 0.2) is 5.82 Å². The molecule has 3 atom stereocenters. The van der Waals surface area contributed by atoms with E-state index in [-0.39, 0.29) is 22.1 Å². The Kier molecular flexibility index (Phi) is 4.55.